The van der Waals surface area contributed by atoms with Crippen LogP contribution in [0, 0.1) is 0 Å². The summed E-state index contributed by atoms with van der Waals surface area (Å²) in [5.74, 6) is 1.48. The number of carbonyl (C=O) groups is 1. The van der Waals surface area contributed by atoms with Gasteiger partial charge in [-0.2, -0.15) is 0 Å². The van der Waals surface area contributed by atoms with Gasteiger partial charge in [-0.25, -0.2) is 0 Å². The van der Waals surface area contributed by atoms with Gasteiger partial charge in [-0.1, -0.05) is 0 Å². The van der Waals surface area contributed by atoms with Crippen LogP contribution in [0.2, 0.25) is 0 Å². The van der Waals surface area contributed by atoms with E-state index in [1.165, 1.54) is 0 Å². The van der Waals surface area contributed by atoms with E-state index in [1.807, 2.05) is 18.1 Å². The van der Waals surface area contributed by atoms with Crippen LogP contribution in [-0.2, 0) is 4.74 Å². The second-order valence-corrected chi connectivity index (χ2v) is 2.86. The Morgan fingerprint density at radius 3 is 3.21 bits per heavy atom. The monoisotopic (exact) mass is 188 g/mol. The normalized spacial score (nSPS) is 10.1. The molecular formula is C10H9BO3. The molecule has 0 aliphatic carbocycles. The molecule has 0 radical (unpaired) electrons. The maximum absolute atomic E-state index is 11.5. The van der Waals surface area contributed by atoms with Gasteiger partial charge in [-0.3, -0.25) is 0 Å². The molecule has 2 rings (SSSR count). The van der Waals surface area contributed by atoms with Gasteiger partial charge in [0.05, 0.1) is 0 Å². The summed E-state index contributed by atoms with van der Waals surface area (Å²) in [5.41, 5.74) is 1.07. The van der Waals surface area contributed by atoms with Gasteiger partial charge in [-0.05, 0) is 0 Å². The maximum atomic E-state index is 11.5. The van der Waals surface area contributed by atoms with Crippen molar-refractivity contribution in [2.45, 2.75) is 6.92 Å². The molecule has 70 valence electrons. The summed E-state index contributed by atoms with van der Waals surface area (Å²) >= 11 is 0. The Balaban J connectivity index is 2.50. The van der Waals surface area contributed by atoms with Gasteiger partial charge in [0.25, 0.3) is 0 Å². The second-order valence-electron chi connectivity index (χ2n) is 2.86. The first-order valence-corrected chi connectivity index (χ1v) is 4.46. The van der Waals surface area contributed by atoms with Crippen LogP contribution in [-0.4, -0.2) is 19.7 Å². The quantitative estimate of drug-likeness (QED) is 0.676. The van der Waals surface area contributed by atoms with Gasteiger partial charge in [0.2, 0.25) is 0 Å². The molecule has 0 saturated carbocycles. The molecule has 3 nitrogen and oxygen atoms in total. The first kappa shape index (κ1) is 9.00. The van der Waals surface area contributed by atoms with Crippen molar-refractivity contribution in [1.29, 1.82) is 0 Å². The predicted octanol–water partition coefficient (Wildman–Crippen LogP) is 1.95. The van der Waals surface area contributed by atoms with Crippen LogP contribution in [0.5, 0.6) is 0 Å². The van der Waals surface area contributed by atoms with E-state index in [2.05, 4.69) is 0 Å². The Bertz CT molecular complexity index is 461. The molecule has 1 aromatic heterocycles. The van der Waals surface area contributed by atoms with Gasteiger partial charge in [0, 0.05) is 0 Å². The van der Waals surface area contributed by atoms with Crippen LogP contribution in [0.1, 0.15) is 17.3 Å². The van der Waals surface area contributed by atoms with E-state index in [-0.39, 0.29) is 5.97 Å². The van der Waals surface area contributed by atoms with E-state index in [0.29, 0.717) is 17.8 Å². The molecule has 0 atom stereocenters. The van der Waals surface area contributed by atoms with Crippen LogP contribution in [0.25, 0.3) is 11.0 Å². The third-order valence-corrected chi connectivity index (χ3v) is 1.97. The van der Waals surface area contributed by atoms with Crippen LogP contribution in [0.3, 0.4) is 0 Å². The number of esters is 1. The van der Waals surface area contributed by atoms with Crippen molar-refractivity contribution in [1.82, 2.24) is 0 Å². The number of carbonyl (C=O) groups excluding carboxylic acids is 1. The third kappa shape index (κ3) is 1.43. The molecule has 1 aromatic carbocycles. The van der Waals surface area contributed by atoms with E-state index in [0.717, 1.165) is 5.39 Å². The molecule has 0 saturated heterocycles. The molecule has 4 heteroatoms. The van der Waals surface area contributed by atoms with Crippen molar-refractivity contribution >= 4 is 24.1 Å². The minimum atomic E-state index is -0.340. The summed E-state index contributed by atoms with van der Waals surface area (Å²) in [5, 5.41) is 0.913. The van der Waals surface area contributed by atoms with Gasteiger partial charge in [-0.15, -0.1) is 0 Å². The topological polar surface area (TPSA) is 39.4 Å². The van der Waals surface area contributed by atoms with Crippen molar-refractivity contribution < 1.29 is 13.9 Å². The van der Waals surface area contributed by atoms with E-state index in [4.69, 9.17) is 9.07 Å². The molecule has 0 amide bonds. The molecule has 0 unspecified atom stereocenters. The fourth-order valence-electron chi connectivity index (χ4n) is 1.36. The van der Waals surface area contributed by atoms with E-state index in [1.54, 1.807) is 20.1 Å². The summed E-state index contributed by atoms with van der Waals surface area (Å²) < 4.78 is 10.1. The molecular weight excluding hydrogens is 179 g/mol. The SMILES string of the molecule is CCOC(=O)c1cccc2cboc12. The first-order valence-electron chi connectivity index (χ1n) is 4.46. The van der Waals surface area contributed by atoms with Gasteiger partial charge >= 0.3 is 81.2 Å². The Labute approximate surface area is 81.9 Å². The Hall–Kier alpha value is -1.58. The number of benzene rings is 1. The van der Waals surface area contributed by atoms with Crippen molar-refractivity contribution in [2.24, 2.45) is 0 Å². The summed E-state index contributed by atoms with van der Waals surface area (Å²) in [7, 11) is 1.56. The van der Waals surface area contributed by atoms with E-state index in [9.17, 15) is 4.79 Å². The van der Waals surface area contributed by atoms with Crippen LogP contribution < -0.4 is 0 Å². The average Bonchev–Trinajstić information content (AvgIpc) is 2.65. The fourth-order valence-corrected chi connectivity index (χ4v) is 1.36. The number of rotatable bonds is 2. The molecule has 0 bridgehead atoms. The molecule has 0 spiro atoms. The number of fused-ring (bicyclic) bond motifs is 1. The van der Waals surface area contributed by atoms with Crippen molar-refractivity contribution in [3.05, 3.63) is 29.7 Å². The average molecular weight is 188 g/mol. The van der Waals surface area contributed by atoms with Gasteiger partial charge in [0.15, 0.2) is 0 Å². The van der Waals surface area contributed by atoms with Gasteiger partial charge in [0.1, 0.15) is 0 Å². The van der Waals surface area contributed by atoms with Crippen molar-refractivity contribution in [3.8, 4) is 0 Å². The number of ether oxygens (including phenoxy) is 1. The Morgan fingerprint density at radius 2 is 2.43 bits per heavy atom. The summed E-state index contributed by atoms with van der Waals surface area (Å²) in [4.78, 5) is 11.5. The minimum absolute atomic E-state index is 0.340. The Morgan fingerprint density at radius 1 is 1.57 bits per heavy atom. The molecule has 0 aliphatic heterocycles. The molecule has 0 fully saturated rings. The second kappa shape index (κ2) is 3.66. The van der Waals surface area contributed by atoms with E-state index < -0.39 is 0 Å². The van der Waals surface area contributed by atoms with E-state index >= 15 is 0 Å². The standard InChI is InChI=1S/C10H9BO3/c1-2-13-10(12)8-5-3-4-7-6-11-14-9(7)8/h3-6H,2H2,1H3. The number of para-hydroxylation sites is 1. The molecule has 0 aliphatic rings. The molecule has 0 N–H and O–H groups in total. The van der Waals surface area contributed by atoms with Crippen LogP contribution in [0.15, 0.2) is 28.5 Å². The first-order chi connectivity index (χ1) is 6.83. The molecule has 2 aromatic rings. The number of hydrogen-bond acceptors (Lipinski definition) is 3. The van der Waals surface area contributed by atoms with Gasteiger partial charge < -0.3 is 0 Å². The summed E-state index contributed by atoms with van der Waals surface area (Å²) in [6, 6.07) is 5.40. The summed E-state index contributed by atoms with van der Waals surface area (Å²) in [6.07, 6.45) is 0. The zero-order chi connectivity index (χ0) is 9.97. The number of hydrogen-bond donors (Lipinski definition) is 0. The van der Waals surface area contributed by atoms with Crippen molar-refractivity contribution in [2.75, 3.05) is 6.61 Å². The zero-order valence-corrected chi connectivity index (χ0v) is 7.82. The predicted molar refractivity (Wildman–Crippen MR) is 53.5 cm³/mol. The molecule has 14 heavy (non-hydrogen) atoms. The van der Waals surface area contributed by atoms with Crippen LogP contribution >= 0.6 is 0 Å². The fraction of sp³-hybridized carbons (Fsp3) is 0.200. The zero-order valence-electron chi connectivity index (χ0n) is 7.82. The Kier molecular flexibility index (Phi) is 2.35. The van der Waals surface area contributed by atoms with Crippen LogP contribution in [0.4, 0.5) is 0 Å². The molecule has 1 heterocycles. The third-order valence-electron chi connectivity index (χ3n) is 1.97. The summed E-state index contributed by atoms with van der Waals surface area (Å²) in [6.45, 7) is 2.15. The van der Waals surface area contributed by atoms with Crippen molar-refractivity contribution in [3.63, 3.8) is 0 Å².